The van der Waals surface area contributed by atoms with Crippen LogP contribution < -0.4 is 0 Å². The minimum Gasteiger partial charge on any atom is -0.289 e. The molecule has 0 saturated heterocycles. The van der Waals surface area contributed by atoms with Gasteiger partial charge in [-0.2, -0.15) is 0 Å². The maximum atomic E-state index is 5.06. The molecule has 2 heteroatoms. The Labute approximate surface area is 111 Å². The van der Waals surface area contributed by atoms with E-state index in [0.717, 1.165) is 12.1 Å². The fourth-order valence-corrected chi connectivity index (χ4v) is 2.98. The Morgan fingerprint density at radius 2 is 2.00 bits per heavy atom. The predicted octanol–water partition coefficient (Wildman–Crippen LogP) is 3.84. The summed E-state index contributed by atoms with van der Waals surface area (Å²) in [7, 11) is 1.85. The molecule has 0 aromatic heterocycles. The lowest BCUT2D eigenvalue weighted by Gasteiger charge is -2.42. The van der Waals surface area contributed by atoms with Gasteiger partial charge in [0.25, 0.3) is 0 Å². The zero-order chi connectivity index (χ0) is 13.5. The molecule has 3 atom stereocenters. The number of hydrogen-bond donors (Lipinski definition) is 0. The topological polar surface area (TPSA) is 24.7 Å². The third-order valence-electron chi connectivity index (χ3n) is 4.88. The molecule has 0 bridgehead atoms. The normalized spacial score (nSPS) is 37.9. The molecule has 2 rings (SSSR count). The second-order valence-corrected chi connectivity index (χ2v) is 5.82. The van der Waals surface area contributed by atoms with E-state index in [-0.39, 0.29) is 5.54 Å². The summed E-state index contributed by atoms with van der Waals surface area (Å²) in [6.07, 6.45) is 5.45. The molecule has 0 fully saturated rings. The smallest absolute Gasteiger partial charge is 0.0646 e. The van der Waals surface area contributed by atoms with Crippen LogP contribution in [0.3, 0.4) is 0 Å². The van der Waals surface area contributed by atoms with E-state index in [9.17, 15) is 0 Å². The van der Waals surface area contributed by atoms with Crippen LogP contribution in [0.25, 0.3) is 0 Å². The number of fused-ring (bicyclic) bond motifs is 1. The number of rotatable bonds is 1. The van der Waals surface area contributed by atoms with Crippen LogP contribution in [0.5, 0.6) is 0 Å². The Bertz CT molecular complexity index is 479. The van der Waals surface area contributed by atoms with E-state index in [1.165, 1.54) is 16.9 Å². The van der Waals surface area contributed by atoms with Gasteiger partial charge in [0.2, 0.25) is 0 Å². The maximum Gasteiger partial charge on any atom is 0.0646 e. The van der Waals surface area contributed by atoms with Crippen molar-refractivity contribution in [3.05, 3.63) is 23.3 Å². The quantitative estimate of drug-likeness (QED) is 0.626. The number of hydrogen-bond acceptors (Lipinski definition) is 2. The summed E-state index contributed by atoms with van der Waals surface area (Å²) < 4.78 is 0. The van der Waals surface area contributed by atoms with Gasteiger partial charge in [-0.05, 0) is 55.4 Å². The van der Waals surface area contributed by atoms with E-state index in [0.29, 0.717) is 11.8 Å². The van der Waals surface area contributed by atoms with E-state index >= 15 is 0 Å². The highest BCUT2D eigenvalue weighted by atomic mass is 14.9. The van der Waals surface area contributed by atoms with E-state index < -0.39 is 0 Å². The fourth-order valence-electron chi connectivity index (χ4n) is 2.98. The Balaban J connectivity index is 2.58. The molecule has 2 aliphatic rings. The SMILES string of the molecule is CCC1(C)N=C2C(C)=CC(=NC)C=C2C(C)C1C. The van der Waals surface area contributed by atoms with Crippen molar-refractivity contribution < 1.29 is 0 Å². The highest BCUT2D eigenvalue weighted by molar-refractivity contribution is 6.24. The second-order valence-electron chi connectivity index (χ2n) is 5.82. The van der Waals surface area contributed by atoms with Gasteiger partial charge in [-0.1, -0.05) is 20.8 Å². The van der Waals surface area contributed by atoms with Crippen molar-refractivity contribution in [3.63, 3.8) is 0 Å². The minimum atomic E-state index is 0.0715. The Morgan fingerprint density at radius 3 is 2.56 bits per heavy atom. The number of aliphatic imine (C=N–C) groups is 2. The van der Waals surface area contributed by atoms with E-state index in [2.05, 4.69) is 51.8 Å². The van der Waals surface area contributed by atoms with Crippen LogP contribution in [0.15, 0.2) is 33.3 Å². The molecule has 0 saturated carbocycles. The van der Waals surface area contributed by atoms with Crippen LogP contribution >= 0.6 is 0 Å². The first kappa shape index (κ1) is 13.3. The van der Waals surface area contributed by atoms with E-state index in [4.69, 9.17) is 4.99 Å². The van der Waals surface area contributed by atoms with E-state index in [1.54, 1.807) is 0 Å². The van der Waals surface area contributed by atoms with Gasteiger partial charge in [-0.3, -0.25) is 9.98 Å². The van der Waals surface area contributed by atoms with Crippen molar-refractivity contribution in [2.24, 2.45) is 21.8 Å². The molecular weight excluding hydrogens is 220 g/mol. The van der Waals surface area contributed by atoms with Crippen LogP contribution in [-0.2, 0) is 0 Å². The zero-order valence-electron chi connectivity index (χ0n) is 12.4. The lowest BCUT2D eigenvalue weighted by Crippen LogP contribution is -2.42. The molecule has 1 aliphatic heterocycles. The monoisotopic (exact) mass is 244 g/mol. The van der Waals surface area contributed by atoms with Gasteiger partial charge in [-0.25, -0.2) is 0 Å². The van der Waals surface area contributed by atoms with Gasteiger partial charge in [0.05, 0.1) is 17.0 Å². The largest absolute Gasteiger partial charge is 0.289 e. The summed E-state index contributed by atoms with van der Waals surface area (Å²) in [5.74, 6) is 1.12. The zero-order valence-corrected chi connectivity index (χ0v) is 12.4. The molecule has 0 radical (unpaired) electrons. The molecule has 1 aliphatic carbocycles. The van der Waals surface area contributed by atoms with Gasteiger partial charge in [0.15, 0.2) is 0 Å². The Morgan fingerprint density at radius 1 is 1.33 bits per heavy atom. The Hall–Kier alpha value is -1.18. The molecular formula is C16H24N2. The first-order chi connectivity index (χ1) is 8.42. The highest BCUT2D eigenvalue weighted by Crippen LogP contribution is 2.42. The van der Waals surface area contributed by atoms with E-state index in [1.807, 2.05) is 7.05 Å². The number of allylic oxidation sites excluding steroid dienone is 4. The lowest BCUT2D eigenvalue weighted by molar-refractivity contribution is 0.245. The third-order valence-corrected chi connectivity index (χ3v) is 4.88. The summed E-state index contributed by atoms with van der Waals surface area (Å²) in [5.41, 5.74) is 4.97. The molecule has 3 unspecified atom stereocenters. The summed E-state index contributed by atoms with van der Waals surface area (Å²) in [5, 5.41) is 0. The summed E-state index contributed by atoms with van der Waals surface area (Å²) in [6, 6.07) is 0. The molecule has 0 N–H and O–H groups in total. The molecule has 98 valence electrons. The lowest BCUT2D eigenvalue weighted by atomic mass is 9.69. The molecule has 2 nitrogen and oxygen atoms in total. The van der Waals surface area contributed by atoms with Crippen molar-refractivity contribution in [1.29, 1.82) is 0 Å². The van der Waals surface area contributed by atoms with Gasteiger partial charge in [0.1, 0.15) is 0 Å². The second kappa shape index (κ2) is 4.49. The maximum absolute atomic E-state index is 5.06. The van der Waals surface area contributed by atoms with Crippen molar-refractivity contribution in [1.82, 2.24) is 0 Å². The molecule has 0 spiro atoms. The van der Waals surface area contributed by atoms with Crippen LogP contribution in [-0.4, -0.2) is 24.0 Å². The van der Waals surface area contributed by atoms with Crippen LogP contribution in [0.1, 0.15) is 41.0 Å². The first-order valence-corrected chi connectivity index (χ1v) is 6.90. The average molecular weight is 244 g/mol. The fraction of sp³-hybridized carbons (Fsp3) is 0.625. The minimum absolute atomic E-state index is 0.0715. The molecule has 0 aromatic carbocycles. The van der Waals surface area contributed by atoms with Gasteiger partial charge < -0.3 is 0 Å². The number of nitrogens with zero attached hydrogens (tertiary/aromatic N) is 2. The van der Waals surface area contributed by atoms with Gasteiger partial charge in [-0.15, -0.1) is 0 Å². The first-order valence-electron chi connectivity index (χ1n) is 6.90. The van der Waals surface area contributed by atoms with Crippen LogP contribution in [0, 0.1) is 11.8 Å². The summed E-state index contributed by atoms with van der Waals surface area (Å²) in [4.78, 5) is 9.37. The van der Waals surface area contributed by atoms with Gasteiger partial charge >= 0.3 is 0 Å². The van der Waals surface area contributed by atoms with Crippen LogP contribution in [0.2, 0.25) is 0 Å². The van der Waals surface area contributed by atoms with Crippen molar-refractivity contribution in [2.45, 2.75) is 46.6 Å². The van der Waals surface area contributed by atoms with Crippen molar-refractivity contribution >= 4 is 11.4 Å². The predicted molar refractivity (Wildman–Crippen MR) is 79.7 cm³/mol. The van der Waals surface area contributed by atoms with Gasteiger partial charge in [0, 0.05) is 7.05 Å². The standard InChI is InChI=1S/C16H24N2/c1-7-16(5)12(4)11(3)14-9-13(17-6)8-10(2)15(14)18-16/h8-9,11-12H,7H2,1-6H3. The van der Waals surface area contributed by atoms with Crippen molar-refractivity contribution in [2.75, 3.05) is 7.05 Å². The molecule has 1 heterocycles. The molecule has 0 amide bonds. The average Bonchev–Trinajstić information content (AvgIpc) is 2.37. The summed E-state index contributed by atoms with van der Waals surface area (Å²) >= 11 is 0. The van der Waals surface area contributed by atoms with Crippen LogP contribution in [0.4, 0.5) is 0 Å². The van der Waals surface area contributed by atoms with Crippen molar-refractivity contribution in [3.8, 4) is 0 Å². The molecule has 0 aromatic rings. The summed E-state index contributed by atoms with van der Waals surface area (Å²) in [6.45, 7) is 11.3. The Kier molecular flexibility index (Phi) is 3.31. The highest BCUT2D eigenvalue weighted by Gasteiger charge is 2.40. The third kappa shape index (κ3) is 1.88. The molecule has 18 heavy (non-hydrogen) atoms.